The molecule has 6 heavy (non-hydrogen) atoms. The van der Waals surface area contributed by atoms with Gasteiger partial charge in [-0.3, -0.25) is 0 Å². The van der Waals surface area contributed by atoms with E-state index in [9.17, 15) is 0 Å². The summed E-state index contributed by atoms with van der Waals surface area (Å²) in [6, 6.07) is 0. The Morgan fingerprint density at radius 3 is 0.833 bits per heavy atom. The van der Waals surface area contributed by atoms with Crippen molar-refractivity contribution in [2.75, 3.05) is 0 Å². The summed E-state index contributed by atoms with van der Waals surface area (Å²) in [7, 11) is 20.1. The largest absolute Gasteiger partial charge is 0 e. The van der Waals surface area contributed by atoms with Crippen molar-refractivity contribution >= 4 is 49.6 Å². The van der Waals surface area contributed by atoms with Crippen molar-refractivity contribution < 1.29 is 19.5 Å². The van der Waals surface area contributed by atoms with E-state index in [1.165, 1.54) is 0 Å². The third-order valence-corrected chi connectivity index (χ3v) is 0. The second-order valence-electron chi connectivity index (χ2n) is 0.429. The second kappa shape index (κ2) is 4.46. The smallest absolute Gasteiger partial charge is 0 e. The molecule has 6 heteroatoms. The maximum atomic E-state index is 5.04. The fourth-order valence-electron chi connectivity index (χ4n) is 0. The van der Waals surface area contributed by atoms with Crippen LogP contribution in [0.15, 0.2) is 0 Å². The summed E-state index contributed by atoms with van der Waals surface area (Å²) in [6.07, 6.45) is 0. The van der Waals surface area contributed by atoms with Gasteiger partial charge >= 0.3 is 49.6 Å². The predicted octanol–water partition coefficient (Wildman–Crippen LogP) is 2.37. The van der Waals surface area contributed by atoms with Crippen molar-refractivity contribution in [3.05, 3.63) is 0 Å². The summed E-state index contributed by atoms with van der Waals surface area (Å²) < 4.78 is 0. The van der Waals surface area contributed by atoms with Gasteiger partial charge in [-0.1, -0.05) is 0 Å². The number of halogens is 4. The molecule has 0 rings (SSSR count). The molecule has 0 saturated heterocycles. The molecular formula is Cl4SnZn. The monoisotopic (exact) mass is 324 g/mol. The molecule has 0 bridgehead atoms. The molecule has 0 spiro atoms. The van der Waals surface area contributed by atoms with Crippen molar-refractivity contribution in [3.63, 3.8) is 0 Å². The summed E-state index contributed by atoms with van der Waals surface area (Å²) in [5, 5.41) is 0. The van der Waals surface area contributed by atoms with Gasteiger partial charge in [-0.15, -0.1) is 0 Å². The van der Waals surface area contributed by atoms with E-state index >= 15 is 0 Å². The van der Waals surface area contributed by atoms with Crippen molar-refractivity contribution in [3.8, 4) is 0 Å². The van der Waals surface area contributed by atoms with E-state index in [1.54, 1.807) is 0 Å². The van der Waals surface area contributed by atoms with Gasteiger partial charge in [0.2, 0.25) is 0 Å². The molecule has 0 aromatic rings. The molecular weight excluding hydrogens is 326 g/mol. The Bertz CT molecular complexity index is 23.0. The van der Waals surface area contributed by atoms with Gasteiger partial charge in [-0.05, 0) is 0 Å². The minimum atomic E-state index is -3.29. The van der Waals surface area contributed by atoms with Gasteiger partial charge in [0.1, 0.15) is 0 Å². The van der Waals surface area contributed by atoms with Crippen LogP contribution in [0, 0.1) is 0 Å². The summed E-state index contributed by atoms with van der Waals surface area (Å²) in [5.41, 5.74) is 0. The molecule has 0 aliphatic rings. The predicted molar refractivity (Wildman–Crippen MR) is 29.2 cm³/mol. The van der Waals surface area contributed by atoms with Crippen LogP contribution < -0.4 is 0 Å². The molecule has 34 valence electrons. The van der Waals surface area contributed by atoms with Crippen LogP contribution >= 0.6 is 35.7 Å². The minimum Gasteiger partial charge on any atom is 0 e. The molecule has 0 aromatic heterocycles. The number of hydrogen-bond acceptors (Lipinski definition) is 0. The summed E-state index contributed by atoms with van der Waals surface area (Å²) in [5.74, 6) is 0. The van der Waals surface area contributed by atoms with Gasteiger partial charge in [-0.25, -0.2) is 0 Å². The average Bonchev–Trinajstić information content (AvgIpc) is 0.722. The Kier molecular flexibility index (Phi) is 8.46. The molecule has 0 amide bonds. The van der Waals surface area contributed by atoms with Crippen molar-refractivity contribution in [1.82, 2.24) is 0 Å². The van der Waals surface area contributed by atoms with Crippen LogP contribution in [-0.4, -0.2) is 13.9 Å². The molecule has 0 aromatic carbocycles. The van der Waals surface area contributed by atoms with Crippen LogP contribution in [0.1, 0.15) is 0 Å². The maximum Gasteiger partial charge on any atom is 0 e. The van der Waals surface area contributed by atoms with Gasteiger partial charge < -0.3 is 0 Å². The van der Waals surface area contributed by atoms with Gasteiger partial charge in [0.15, 0.2) is 0 Å². The Balaban J connectivity index is 0. The molecule has 0 radical (unpaired) electrons. The van der Waals surface area contributed by atoms with E-state index in [1.807, 2.05) is 0 Å². The standard InChI is InChI=1S/4ClH.Sn.Zn/h4*1H;;/q;;;;+4;/p-4. The van der Waals surface area contributed by atoms with Crippen LogP contribution in [-0.2, 0) is 19.5 Å². The Labute approximate surface area is 68.0 Å². The van der Waals surface area contributed by atoms with Gasteiger partial charge in [-0.2, -0.15) is 0 Å². The second-order valence-corrected chi connectivity index (χ2v) is 25.9. The quantitative estimate of drug-likeness (QED) is 0.600. The van der Waals surface area contributed by atoms with Crippen molar-refractivity contribution in [2.45, 2.75) is 0 Å². The zero-order valence-electron chi connectivity index (χ0n) is 2.72. The van der Waals surface area contributed by atoms with Gasteiger partial charge in [0, 0.05) is 19.5 Å². The van der Waals surface area contributed by atoms with Crippen LogP contribution in [0.2, 0.25) is 0 Å². The third-order valence-electron chi connectivity index (χ3n) is 0. The van der Waals surface area contributed by atoms with Crippen molar-refractivity contribution in [1.29, 1.82) is 0 Å². The zero-order chi connectivity index (χ0) is 4.50. The van der Waals surface area contributed by atoms with E-state index < -0.39 is 13.9 Å². The number of rotatable bonds is 0. The topological polar surface area (TPSA) is 0 Å². The van der Waals surface area contributed by atoms with E-state index in [0.717, 1.165) is 0 Å². The molecule has 0 aliphatic heterocycles. The molecule has 0 N–H and O–H groups in total. The first-order chi connectivity index (χ1) is 2.00. The van der Waals surface area contributed by atoms with Crippen LogP contribution in [0.5, 0.6) is 0 Å². The molecule has 0 aliphatic carbocycles. The maximum absolute atomic E-state index is 5.04. The first-order valence-electron chi connectivity index (χ1n) is 0.756. The summed E-state index contributed by atoms with van der Waals surface area (Å²) in [6.45, 7) is 0. The molecule has 0 saturated carbocycles. The average molecular weight is 326 g/mol. The Morgan fingerprint density at radius 1 is 0.833 bits per heavy atom. The van der Waals surface area contributed by atoms with E-state index in [4.69, 9.17) is 35.7 Å². The number of hydrogen-bond donors (Lipinski definition) is 0. The fourth-order valence-corrected chi connectivity index (χ4v) is 0. The van der Waals surface area contributed by atoms with E-state index in [0.29, 0.717) is 0 Å². The van der Waals surface area contributed by atoms with Crippen LogP contribution in [0.3, 0.4) is 0 Å². The minimum absolute atomic E-state index is 0. The third kappa shape index (κ3) is 30.8. The Morgan fingerprint density at radius 2 is 0.833 bits per heavy atom. The first-order valence-corrected chi connectivity index (χ1v) is 15.2. The molecule has 0 nitrogen and oxygen atoms in total. The first kappa shape index (κ1) is 11.4. The normalized spacial score (nSPS) is 10.0. The van der Waals surface area contributed by atoms with E-state index in [2.05, 4.69) is 0 Å². The molecule has 0 fully saturated rings. The zero-order valence-corrected chi connectivity index (χ0v) is 11.6. The summed E-state index contributed by atoms with van der Waals surface area (Å²) in [4.78, 5) is 0. The fraction of sp³-hybridized carbons (Fsp3) is 0. The van der Waals surface area contributed by atoms with Gasteiger partial charge in [0.05, 0.1) is 0 Å². The Hall–Kier alpha value is 2.58. The van der Waals surface area contributed by atoms with Crippen LogP contribution in [0.25, 0.3) is 0 Å². The van der Waals surface area contributed by atoms with E-state index in [-0.39, 0.29) is 19.5 Å². The van der Waals surface area contributed by atoms with Crippen LogP contribution in [0.4, 0.5) is 0 Å². The molecule has 0 heterocycles. The van der Waals surface area contributed by atoms with Crippen molar-refractivity contribution in [2.24, 2.45) is 0 Å². The SMILES string of the molecule is [Cl][Sn]([Cl])([Cl])[Cl].[Zn]. The van der Waals surface area contributed by atoms with Gasteiger partial charge in [0.25, 0.3) is 0 Å². The summed E-state index contributed by atoms with van der Waals surface area (Å²) >= 11 is -3.29. The molecule has 0 unspecified atom stereocenters. The molecule has 0 atom stereocenters.